The maximum absolute atomic E-state index is 12.8. The number of halogens is 1. The van der Waals surface area contributed by atoms with Gasteiger partial charge >= 0.3 is 0 Å². The van der Waals surface area contributed by atoms with E-state index in [2.05, 4.69) is 11.2 Å². The minimum Gasteiger partial charge on any atom is -0.488 e. The van der Waals surface area contributed by atoms with E-state index in [0.29, 0.717) is 17.3 Å². The number of benzene rings is 2. The fourth-order valence-electron chi connectivity index (χ4n) is 3.16. The maximum atomic E-state index is 12.8. The zero-order valence-electron chi connectivity index (χ0n) is 14.6. The molecule has 0 radical (unpaired) electrons. The first-order valence-electron chi connectivity index (χ1n) is 8.34. The van der Waals surface area contributed by atoms with E-state index < -0.39 is 0 Å². The molecular weight excluding hydrogens is 350 g/mol. The second-order valence-electron chi connectivity index (χ2n) is 6.37. The second-order valence-corrected chi connectivity index (χ2v) is 6.78. The van der Waals surface area contributed by atoms with Gasteiger partial charge in [0.05, 0.1) is 22.6 Å². The zero-order chi connectivity index (χ0) is 18.3. The van der Waals surface area contributed by atoms with Gasteiger partial charge in [0.25, 0.3) is 0 Å². The lowest BCUT2D eigenvalue weighted by Crippen LogP contribution is -2.31. The summed E-state index contributed by atoms with van der Waals surface area (Å²) >= 11 is 6.21. The van der Waals surface area contributed by atoms with Crippen LogP contribution in [0.25, 0.3) is 11.3 Å². The van der Waals surface area contributed by atoms with Gasteiger partial charge in [0.2, 0.25) is 5.91 Å². The van der Waals surface area contributed by atoms with E-state index in [4.69, 9.17) is 16.3 Å². The Balaban J connectivity index is 1.66. The van der Waals surface area contributed by atoms with Crippen molar-refractivity contribution in [1.82, 2.24) is 9.78 Å². The number of rotatable bonds is 3. The molecule has 1 aliphatic heterocycles. The third-order valence-electron chi connectivity index (χ3n) is 4.56. The molecule has 0 fully saturated rings. The zero-order valence-corrected chi connectivity index (χ0v) is 15.3. The van der Waals surface area contributed by atoms with Gasteiger partial charge in [-0.1, -0.05) is 35.4 Å². The molecule has 0 saturated carbocycles. The number of anilines is 1. The number of aromatic nitrogens is 2. The molecule has 0 bridgehead atoms. The van der Waals surface area contributed by atoms with Crippen LogP contribution in [0.2, 0.25) is 5.02 Å². The Morgan fingerprint density at radius 3 is 2.92 bits per heavy atom. The Hall–Kier alpha value is -2.79. The average Bonchev–Trinajstić information content (AvgIpc) is 3.04. The number of para-hydroxylation sites is 1. The van der Waals surface area contributed by atoms with Gasteiger partial charge in [-0.15, -0.1) is 0 Å². The maximum Gasteiger partial charge on any atom is 0.248 e. The van der Waals surface area contributed by atoms with Crippen molar-refractivity contribution in [2.75, 3.05) is 11.9 Å². The van der Waals surface area contributed by atoms with E-state index in [9.17, 15) is 4.79 Å². The molecule has 1 aliphatic rings. The fourth-order valence-corrected chi connectivity index (χ4v) is 3.43. The summed E-state index contributed by atoms with van der Waals surface area (Å²) in [6, 6.07) is 13.3. The Morgan fingerprint density at radius 1 is 1.31 bits per heavy atom. The van der Waals surface area contributed by atoms with Crippen molar-refractivity contribution >= 4 is 23.2 Å². The number of carbonyl (C=O) groups is 1. The molecule has 0 spiro atoms. The summed E-state index contributed by atoms with van der Waals surface area (Å²) in [6.07, 6.45) is 1.77. The first-order chi connectivity index (χ1) is 12.5. The van der Waals surface area contributed by atoms with E-state index >= 15 is 0 Å². The topological polar surface area (TPSA) is 47.4 Å². The summed E-state index contributed by atoms with van der Waals surface area (Å²) < 4.78 is 7.53. The predicted octanol–water partition coefficient (Wildman–Crippen LogP) is 4.07. The van der Waals surface area contributed by atoms with E-state index in [1.807, 2.05) is 37.3 Å². The number of fused-ring (bicyclic) bond motifs is 3. The number of aryl methyl sites for hydroxylation is 1. The number of carbonyl (C=O) groups excluding carboxylic acids is 1. The molecule has 6 heteroatoms. The average molecular weight is 368 g/mol. The van der Waals surface area contributed by atoms with Crippen LogP contribution in [0.4, 0.5) is 5.69 Å². The molecule has 0 saturated heterocycles. The molecule has 0 atom stereocenters. The van der Waals surface area contributed by atoms with Crippen LogP contribution in [0.1, 0.15) is 11.1 Å². The van der Waals surface area contributed by atoms with Gasteiger partial charge < -0.3 is 9.64 Å². The van der Waals surface area contributed by atoms with E-state index in [1.54, 1.807) is 28.9 Å². The van der Waals surface area contributed by atoms with Crippen LogP contribution in [0.3, 0.4) is 0 Å². The van der Waals surface area contributed by atoms with Crippen LogP contribution in [0.15, 0.2) is 48.7 Å². The Kier molecular flexibility index (Phi) is 4.17. The molecule has 26 heavy (non-hydrogen) atoms. The summed E-state index contributed by atoms with van der Waals surface area (Å²) in [4.78, 5) is 14.4. The summed E-state index contributed by atoms with van der Waals surface area (Å²) in [5, 5.41) is 4.96. The molecule has 3 aromatic rings. The van der Waals surface area contributed by atoms with Gasteiger partial charge in [-0.2, -0.15) is 5.10 Å². The first-order valence-corrected chi connectivity index (χ1v) is 8.72. The number of nitrogens with zero attached hydrogens (tertiary/aromatic N) is 3. The molecule has 0 aliphatic carbocycles. The highest BCUT2D eigenvalue weighted by molar-refractivity contribution is 6.33. The predicted molar refractivity (Wildman–Crippen MR) is 102 cm³/mol. The Bertz CT molecular complexity index is 996. The largest absolute Gasteiger partial charge is 0.488 e. The summed E-state index contributed by atoms with van der Waals surface area (Å²) in [7, 11) is 1.72. The number of ether oxygens (including phenoxy) is 1. The van der Waals surface area contributed by atoms with Crippen molar-refractivity contribution < 1.29 is 9.53 Å². The summed E-state index contributed by atoms with van der Waals surface area (Å²) in [6.45, 7) is 2.62. The van der Waals surface area contributed by atoms with E-state index in [1.165, 1.54) is 0 Å². The van der Waals surface area contributed by atoms with Gasteiger partial charge in [-0.25, -0.2) is 0 Å². The van der Waals surface area contributed by atoms with Crippen molar-refractivity contribution in [3.8, 4) is 17.0 Å². The lowest BCUT2D eigenvalue weighted by atomic mass is 10.0. The van der Waals surface area contributed by atoms with Crippen LogP contribution in [-0.4, -0.2) is 22.7 Å². The first kappa shape index (κ1) is 16.7. The second kappa shape index (κ2) is 6.50. The van der Waals surface area contributed by atoms with Crippen molar-refractivity contribution in [3.05, 3.63) is 64.8 Å². The van der Waals surface area contributed by atoms with Crippen LogP contribution in [-0.2, 0) is 17.9 Å². The highest BCUT2D eigenvalue weighted by Crippen LogP contribution is 2.38. The van der Waals surface area contributed by atoms with Gasteiger partial charge in [-0.05, 0) is 31.2 Å². The highest BCUT2D eigenvalue weighted by Gasteiger charge is 2.24. The van der Waals surface area contributed by atoms with Crippen molar-refractivity contribution in [2.45, 2.75) is 20.1 Å². The van der Waals surface area contributed by atoms with Crippen LogP contribution >= 0.6 is 11.6 Å². The van der Waals surface area contributed by atoms with Crippen LogP contribution in [0.5, 0.6) is 5.75 Å². The van der Waals surface area contributed by atoms with E-state index in [0.717, 1.165) is 28.1 Å². The van der Waals surface area contributed by atoms with Gasteiger partial charge in [-0.3, -0.25) is 9.48 Å². The van der Waals surface area contributed by atoms with Crippen LogP contribution in [0, 0.1) is 6.92 Å². The SMILES string of the molecule is Cc1ccc2c(c1)-c1c(cnn1CC(=O)N(C)c1ccccc1Cl)CO2. The van der Waals surface area contributed by atoms with Gasteiger partial charge in [0.1, 0.15) is 18.9 Å². The monoisotopic (exact) mass is 367 g/mol. The molecule has 0 N–H and O–H groups in total. The van der Waals surface area contributed by atoms with E-state index in [-0.39, 0.29) is 12.5 Å². The lowest BCUT2D eigenvalue weighted by molar-refractivity contribution is -0.119. The molecule has 2 aromatic carbocycles. The molecule has 4 rings (SSSR count). The number of amides is 1. The smallest absolute Gasteiger partial charge is 0.248 e. The molecule has 2 heterocycles. The Labute approximate surface area is 156 Å². The number of likely N-dealkylation sites (N-methyl/N-ethyl adjacent to an activating group) is 1. The van der Waals surface area contributed by atoms with Gasteiger partial charge in [0, 0.05) is 18.2 Å². The van der Waals surface area contributed by atoms with Crippen molar-refractivity contribution in [1.29, 1.82) is 0 Å². The minimum atomic E-state index is -0.0929. The van der Waals surface area contributed by atoms with Crippen molar-refractivity contribution in [2.24, 2.45) is 0 Å². The summed E-state index contributed by atoms with van der Waals surface area (Å²) in [5.41, 5.74) is 4.70. The summed E-state index contributed by atoms with van der Waals surface area (Å²) in [5.74, 6) is 0.724. The standard InChI is InChI=1S/C20H18ClN3O2/c1-13-7-8-18-15(9-13)20-14(12-26-18)10-22-24(20)11-19(25)23(2)17-6-4-3-5-16(17)21/h3-10H,11-12H2,1-2H3. The van der Waals surface area contributed by atoms with Gasteiger partial charge in [0.15, 0.2) is 0 Å². The third-order valence-corrected chi connectivity index (χ3v) is 4.88. The number of hydrogen-bond donors (Lipinski definition) is 0. The minimum absolute atomic E-state index is 0.0929. The van der Waals surface area contributed by atoms with Crippen LogP contribution < -0.4 is 9.64 Å². The number of hydrogen-bond acceptors (Lipinski definition) is 3. The molecule has 5 nitrogen and oxygen atoms in total. The Morgan fingerprint density at radius 2 is 2.12 bits per heavy atom. The molecular formula is C20H18ClN3O2. The van der Waals surface area contributed by atoms with Crippen molar-refractivity contribution in [3.63, 3.8) is 0 Å². The quantitative estimate of drug-likeness (QED) is 0.701. The normalized spacial score (nSPS) is 12.1. The fraction of sp³-hybridized carbons (Fsp3) is 0.200. The molecule has 0 unspecified atom stereocenters. The molecule has 1 amide bonds. The molecule has 132 valence electrons. The lowest BCUT2D eigenvalue weighted by Gasteiger charge is -2.22. The third kappa shape index (κ3) is 2.84. The highest BCUT2D eigenvalue weighted by atomic mass is 35.5. The molecule has 1 aromatic heterocycles.